The van der Waals surface area contributed by atoms with E-state index in [9.17, 15) is 4.79 Å². The van der Waals surface area contributed by atoms with Crippen molar-refractivity contribution in [2.75, 3.05) is 13.7 Å². The molecule has 0 unspecified atom stereocenters. The van der Waals surface area contributed by atoms with Crippen LogP contribution in [0.25, 0.3) is 0 Å². The number of benzene rings is 1. The van der Waals surface area contributed by atoms with Crippen LogP contribution in [0.15, 0.2) is 18.2 Å². The molecule has 0 spiro atoms. The second-order valence-corrected chi connectivity index (χ2v) is 3.11. The summed E-state index contributed by atoms with van der Waals surface area (Å²) >= 11 is 0. The predicted molar refractivity (Wildman–Crippen MR) is 53.4 cm³/mol. The number of carbonyl (C=O) groups is 1. The average molecular weight is 194 g/mol. The number of hydrogen-bond donors (Lipinski definition) is 0. The first-order chi connectivity index (χ1) is 6.63. The lowest BCUT2D eigenvalue weighted by atomic mass is 10.1. The maximum atomic E-state index is 10.8. The lowest BCUT2D eigenvalue weighted by Gasteiger charge is -2.06. The molecule has 1 aromatic carbocycles. The van der Waals surface area contributed by atoms with Gasteiger partial charge in [0, 0.05) is 0 Å². The Morgan fingerprint density at radius 1 is 1.29 bits per heavy atom. The molecule has 0 aliphatic heterocycles. The van der Waals surface area contributed by atoms with Crippen LogP contribution in [0.2, 0.25) is 0 Å². The first-order valence-corrected chi connectivity index (χ1v) is 4.40. The molecule has 0 radical (unpaired) electrons. The van der Waals surface area contributed by atoms with Crippen molar-refractivity contribution in [3.05, 3.63) is 29.3 Å². The number of ether oxygens (including phenoxy) is 2. The minimum atomic E-state index is -0.372. The second kappa shape index (κ2) is 4.65. The Morgan fingerprint density at radius 2 is 2.00 bits per heavy atom. The minimum Gasteiger partial charge on any atom is -0.482 e. The first kappa shape index (κ1) is 10.6. The molecule has 0 aliphatic carbocycles. The third-order valence-electron chi connectivity index (χ3n) is 2.06. The molecule has 0 saturated carbocycles. The van der Waals surface area contributed by atoms with Crippen molar-refractivity contribution >= 4 is 5.97 Å². The SMILES string of the molecule is COC(=O)COc1ccc(C)c(C)c1. The van der Waals surface area contributed by atoms with Gasteiger partial charge in [0.15, 0.2) is 6.61 Å². The standard InChI is InChI=1S/C11H14O3/c1-8-4-5-10(6-9(8)2)14-7-11(12)13-3/h4-6H,7H2,1-3H3. The van der Waals surface area contributed by atoms with E-state index >= 15 is 0 Å². The fourth-order valence-electron chi connectivity index (χ4n) is 1.00. The van der Waals surface area contributed by atoms with E-state index in [1.54, 1.807) is 0 Å². The molecular weight excluding hydrogens is 180 g/mol. The predicted octanol–water partition coefficient (Wildman–Crippen LogP) is 1.86. The van der Waals surface area contributed by atoms with Crippen LogP contribution < -0.4 is 4.74 Å². The number of rotatable bonds is 3. The summed E-state index contributed by atoms with van der Waals surface area (Å²) in [4.78, 5) is 10.8. The normalized spacial score (nSPS) is 9.64. The fraction of sp³-hybridized carbons (Fsp3) is 0.364. The topological polar surface area (TPSA) is 35.5 Å². The quantitative estimate of drug-likeness (QED) is 0.689. The summed E-state index contributed by atoms with van der Waals surface area (Å²) in [6, 6.07) is 5.70. The number of hydrogen-bond acceptors (Lipinski definition) is 3. The van der Waals surface area contributed by atoms with Crippen molar-refractivity contribution < 1.29 is 14.3 Å². The van der Waals surface area contributed by atoms with Crippen LogP contribution in [0.1, 0.15) is 11.1 Å². The van der Waals surface area contributed by atoms with Gasteiger partial charge in [-0.25, -0.2) is 4.79 Å². The number of carbonyl (C=O) groups excluding carboxylic acids is 1. The summed E-state index contributed by atoms with van der Waals surface area (Å²) in [6.45, 7) is 3.98. The second-order valence-electron chi connectivity index (χ2n) is 3.11. The summed E-state index contributed by atoms with van der Waals surface area (Å²) in [5.41, 5.74) is 2.35. The van der Waals surface area contributed by atoms with Gasteiger partial charge in [0.25, 0.3) is 0 Å². The van der Waals surface area contributed by atoms with Gasteiger partial charge in [-0.05, 0) is 37.1 Å². The molecule has 0 saturated heterocycles. The van der Waals surface area contributed by atoms with E-state index < -0.39 is 0 Å². The molecule has 14 heavy (non-hydrogen) atoms. The van der Waals surface area contributed by atoms with E-state index in [0.29, 0.717) is 5.75 Å². The summed E-state index contributed by atoms with van der Waals surface area (Å²) in [5, 5.41) is 0. The molecule has 76 valence electrons. The van der Waals surface area contributed by atoms with Gasteiger partial charge in [-0.3, -0.25) is 0 Å². The third-order valence-corrected chi connectivity index (χ3v) is 2.06. The van der Waals surface area contributed by atoms with Gasteiger partial charge < -0.3 is 9.47 Å². The van der Waals surface area contributed by atoms with E-state index in [1.165, 1.54) is 12.7 Å². The molecule has 0 aromatic heterocycles. The van der Waals surface area contributed by atoms with Gasteiger partial charge in [-0.1, -0.05) is 6.07 Å². The van der Waals surface area contributed by atoms with Crippen LogP contribution in [0.5, 0.6) is 5.75 Å². The largest absolute Gasteiger partial charge is 0.482 e. The zero-order valence-electron chi connectivity index (χ0n) is 8.66. The van der Waals surface area contributed by atoms with Crippen molar-refractivity contribution in [2.24, 2.45) is 0 Å². The lowest BCUT2D eigenvalue weighted by molar-refractivity contribution is -0.142. The minimum absolute atomic E-state index is 0.0427. The molecule has 1 aromatic rings. The van der Waals surface area contributed by atoms with Gasteiger partial charge in [0.05, 0.1) is 7.11 Å². The smallest absolute Gasteiger partial charge is 0.343 e. The van der Waals surface area contributed by atoms with Gasteiger partial charge in [-0.2, -0.15) is 0 Å². The Morgan fingerprint density at radius 3 is 2.57 bits per heavy atom. The maximum Gasteiger partial charge on any atom is 0.343 e. The molecule has 0 amide bonds. The first-order valence-electron chi connectivity index (χ1n) is 4.40. The molecule has 1 rings (SSSR count). The molecule has 0 bridgehead atoms. The monoisotopic (exact) mass is 194 g/mol. The van der Waals surface area contributed by atoms with Crippen LogP contribution in [0, 0.1) is 13.8 Å². The van der Waals surface area contributed by atoms with Gasteiger partial charge >= 0.3 is 5.97 Å². The van der Waals surface area contributed by atoms with Crippen molar-refractivity contribution in [3.63, 3.8) is 0 Å². The van der Waals surface area contributed by atoms with Crippen LogP contribution in [-0.4, -0.2) is 19.7 Å². The number of methoxy groups -OCH3 is 1. The highest BCUT2D eigenvalue weighted by atomic mass is 16.6. The third kappa shape index (κ3) is 2.76. The molecule has 3 nitrogen and oxygen atoms in total. The van der Waals surface area contributed by atoms with Crippen LogP contribution >= 0.6 is 0 Å². The molecular formula is C11H14O3. The van der Waals surface area contributed by atoms with E-state index in [4.69, 9.17) is 4.74 Å². The fourth-order valence-corrected chi connectivity index (χ4v) is 1.00. The highest BCUT2D eigenvalue weighted by Gasteiger charge is 2.02. The summed E-state index contributed by atoms with van der Waals surface area (Å²) in [7, 11) is 1.34. The Labute approximate surface area is 83.6 Å². The van der Waals surface area contributed by atoms with Crippen LogP contribution in [0.3, 0.4) is 0 Å². The molecule has 0 heterocycles. The zero-order chi connectivity index (χ0) is 10.6. The Kier molecular flexibility index (Phi) is 3.51. The highest BCUT2D eigenvalue weighted by Crippen LogP contribution is 2.16. The Balaban J connectivity index is 2.60. The number of aryl methyl sites for hydroxylation is 2. The van der Waals surface area contributed by atoms with E-state index in [0.717, 1.165) is 5.56 Å². The lowest BCUT2D eigenvalue weighted by Crippen LogP contribution is -2.12. The molecule has 0 atom stereocenters. The van der Waals surface area contributed by atoms with Gasteiger partial charge in [0.2, 0.25) is 0 Å². The molecule has 0 fully saturated rings. The van der Waals surface area contributed by atoms with Crippen molar-refractivity contribution in [1.29, 1.82) is 0 Å². The van der Waals surface area contributed by atoms with E-state index in [1.807, 2.05) is 32.0 Å². The van der Waals surface area contributed by atoms with E-state index in [2.05, 4.69) is 4.74 Å². The van der Waals surface area contributed by atoms with Crippen molar-refractivity contribution in [1.82, 2.24) is 0 Å². The van der Waals surface area contributed by atoms with Crippen molar-refractivity contribution in [3.8, 4) is 5.75 Å². The van der Waals surface area contributed by atoms with Gasteiger partial charge in [-0.15, -0.1) is 0 Å². The summed E-state index contributed by atoms with van der Waals surface area (Å²) < 4.78 is 9.68. The van der Waals surface area contributed by atoms with Gasteiger partial charge in [0.1, 0.15) is 5.75 Å². The summed E-state index contributed by atoms with van der Waals surface area (Å²) in [5.74, 6) is 0.321. The van der Waals surface area contributed by atoms with Crippen LogP contribution in [-0.2, 0) is 9.53 Å². The maximum absolute atomic E-state index is 10.8. The molecule has 0 aliphatic rings. The summed E-state index contributed by atoms with van der Waals surface area (Å²) in [6.07, 6.45) is 0. The number of esters is 1. The molecule has 0 N–H and O–H groups in total. The Bertz CT molecular complexity index is 331. The van der Waals surface area contributed by atoms with Crippen molar-refractivity contribution in [2.45, 2.75) is 13.8 Å². The van der Waals surface area contributed by atoms with E-state index in [-0.39, 0.29) is 12.6 Å². The van der Waals surface area contributed by atoms with Crippen LogP contribution in [0.4, 0.5) is 0 Å². The molecule has 3 heteroatoms. The highest BCUT2D eigenvalue weighted by molar-refractivity contribution is 5.70. The Hall–Kier alpha value is -1.51. The average Bonchev–Trinajstić information content (AvgIpc) is 2.19. The zero-order valence-corrected chi connectivity index (χ0v) is 8.66.